The number of pyridine rings is 1. The van der Waals surface area contributed by atoms with E-state index in [1.54, 1.807) is 18.3 Å². The minimum atomic E-state index is -0.656. The minimum absolute atomic E-state index is 0.0225. The zero-order valence-corrected chi connectivity index (χ0v) is 13.0. The second kappa shape index (κ2) is 6.66. The van der Waals surface area contributed by atoms with Gasteiger partial charge in [0.15, 0.2) is 0 Å². The monoisotopic (exact) mass is 329 g/mol. The van der Waals surface area contributed by atoms with Gasteiger partial charge in [-0.15, -0.1) is 0 Å². The van der Waals surface area contributed by atoms with Crippen molar-refractivity contribution in [3.8, 4) is 5.88 Å². The van der Waals surface area contributed by atoms with Crippen molar-refractivity contribution >= 4 is 17.5 Å². The fraction of sp³-hybridized carbons (Fsp3) is 0.235. The quantitative estimate of drug-likeness (QED) is 0.899. The summed E-state index contributed by atoms with van der Waals surface area (Å²) in [5, 5.41) is 5.38. The van der Waals surface area contributed by atoms with Crippen LogP contribution in [0.15, 0.2) is 36.5 Å². The van der Waals surface area contributed by atoms with Crippen LogP contribution in [0.4, 0.5) is 10.1 Å². The third kappa shape index (κ3) is 3.19. The lowest BCUT2D eigenvalue weighted by Gasteiger charge is -2.25. The second-order valence-electron chi connectivity index (χ2n) is 5.43. The Kier molecular flexibility index (Phi) is 4.41. The predicted octanol–water partition coefficient (Wildman–Crippen LogP) is 1.97. The van der Waals surface area contributed by atoms with Crippen molar-refractivity contribution in [3.05, 3.63) is 53.5 Å². The number of carbonyl (C=O) groups excluding carboxylic acids is 2. The van der Waals surface area contributed by atoms with Gasteiger partial charge < -0.3 is 15.4 Å². The maximum Gasteiger partial charge on any atom is 0.228 e. The van der Waals surface area contributed by atoms with Crippen LogP contribution >= 0.6 is 0 Å². The van der Waals surface area contributed by atoms with E-state index in [0.717, 1.165) is 5.56 Å². The van der Waals surface area contributed by atoms with E-state index in [2.05, 4.69) is 15.6 Å². The molecule has 1 aromatic carbocycles. The summed E-state index contributed by atoms with van der Waals surface area (Å²) in [6, 6.07) is 7.57. The van der Waals surface area contributed by atoms with Crippen LogP contribution in [0.3, 0.4) is 0 Å². The van der Waals surface area contributed by atoms with Gasteiger partial charge in [0.2, 0.25) is 17.7 Å². The molecule has 0 unspecified atom stereocenters. The van der Waals surface area contributed by atoms with Gasteiger partial charge in [-0.3, -0.25) is 9.59 Å². The standard InChI is InChI=1S/C17H16FN3O3/c1-24-17-10(3-2-6-19-17)9-20-16(23)13-8-15(22)21-14-7-11(18)4-5-12(13)14/h2-7,13H,8-9H2,1H3,(H,20,23)(H,21,22)/t13-/m0/s1. The van der Waals surface area contributed by atoms with Gasteiger partial charge in [0, 0.05) is 30.4 Å². The SMILES string of the molecule is COc1ncccc1CNC(=O)[C@H]1CC(=O)Nc2cc(F)ccc21. The molecule has 124 valence electrons. The van der Waals surface area contributed by atoms with Gasteiger partial charge in [-0.2, -0.15) is 0 Å². The summed E-state index contributed by atoms with van der Waals surface area (Å²) < 4.78 is 18.5. The number of anilines is 1. The number of carbonyl (C=O) groups is 2. The van der Waals surface area contributed by atoms with Crippen LogP contribution < -0.4 is 15.4 Å². The van der Waals surface area contributed by atoms with Crippen LogP contribution in [0.25, 0.3) is 0 Å². The van der Waals surface area contributed by atoms with E-state index < -0.39 is 11.7 Å². The largest absolute Gasteiger partial charge is 0.481 e. The highest BCUT2D eigenvalue weighted by Crippen LogP contribution is 2.33. The average molecular weight is 329 g/mol. The number of fused-ring (bicyclic) bond motifs is 1. The van der Waals surface area contributed by atoms with Gasteiger partial charge in [-0.25, -0.2) is 9.37 Å². The lowest BCUT2D eigenvalue weighted by atomic mass is 9.89. The van der Waals surface area contributed by atoms with Crippen LogP contribution in [0.2, 0.25) is 0 Å². The summed E-state index contributed by atoms with van der Waals surface area (Å²) in [4.78, 5) is 28.4. The summed E-state index contributed by atoms with van der Waals surface area (Å²) in [6.07, 6.45) is 1.62. The second-order valence-corrected chi connectivity index (χ2v) is 5.43. The molecule has 2 aromatic rings. The van der Waals surface area contributed by atoms with Gasteiger partial charge in [-0.1, -0.05) is 12.1 Å². The molecule has 0 aliphatic carbocycles. The van der Waals surface area contributed by atoms with E-state index in [-0.39, 0.29) is 24.8 Å². The molecule has 1 aromatic heterocycles. The zero-order valence-electron chi connectivity index (χ0n) is 13.0. The first-order valence-corrected chi connectivity index (χ1v) is 7.43. The number of ether oxygens (including phenoxy) is 1. The first kappa shape index (κ1) is 15.9. The van der Waals surface area contributed by atoms with Gasteiger partial charge >= 0.3 is 0 Å². The molecular weight excluding hydrogens is 313 g/mol. The minimum Gasteiger partial charge on any atom is -0.481 e. The van der Waals surface area contributed by atoms with Crippen molar-refractivity contribution in [1.29, 1.82) is 0 Å². The molecule has 7 heteroatoms. The Morgan fingerprint density at radius 3 is 3.08 bits per heavy atom. The third-order valence-corrected chi connectivity index (χ3v) is 3.87. The van der Waals surface area contributed by atoms with Crippen molar-refractivity contribution in [2.75, 3.05) is 12.4 Å². The molecule has 0 fully saturated rings. The van der Waals surface area contributed by atoms with Gasteiger partial charge in [-0.05, 0) is 23.8 Å². The van der Waals surface area contributed by atoms with Crippen molar-refractivity contribution < 1.29 is 18.7 Å². The summed E-state index contributed by atoms with van der Waals surface area (Å²) >= 11 is 0. The third-order valence-electron chi connectivity index (χ3n) is 3.87. The van der Waals surface area contributed by atoms with Crippen LogP contribution in [-0.2, 0) is 16.1 Å². The number of nitrogens with zero attached hydrogens (tertiary/aromatic N) is 1. The summed E-state index contributed by atoms with van der Waals surface area (Å²) in [5.41, 5.74) is 1.67. The molecule has 2 N–H and O–H groups in total. The van der Waals surface area contributed by atoms with E-state index in [0.29, 0.717) is 17.1 Å². The Morgan fingerprint density at radius 2 is 2.29 bits per heavy atom. The van der Waals surface area contributed by atoms with Crippen molar-refractivity contribution in [3.63, 3.8) is 0 Å². The van der Waals surface area contributed by atoms with Crippen molar-refractivity contribution in [2.24, 2.45) is 0 Å². The Hall–Kier alpha value is -2.96. The Balaban J connectivity index is 1.77. The zero-order chi connectivity index (χ0) is 17.1. The number of rotatable bonds is 4. The highest BCUT2D eigenvalue weighted by Gasteiger charge is 2.30. The van der Waals surface area contributed by atoms with Crippen LogP contribution in [0, 0.1) is 5.82 Å². The molecule has 0 bridgehead atoms. The molecule has 2 amide bonds. The number of hydrogen-bond acceptors (Lipinski definition) is 4. The highest BCUT2D eigenvalue weighted by molar-refractivity contribution is 6.01. The molecule has 6 nitrogen and oxygen atoms in total. The number of benzene rings is 1. The van der Waals surface area contributed by atoms with E-state index in [1.807, 2.05) is 0 Å². The molecule has 1 aliphatic heterocycles. The maximum absolute atomic E-state index is 13.3. The van der Waals surface area contributed by atoms with Crippen LogP contribution in [0.5, 0.6) is 5.88 Å². The Morgan fingerprint density at radius 1 is 1.46 bits per heavy atom. The molecule has 3 rings (SSSR count). The van der Waals surface area contributed by atoms with Gasteiger partial charge in [0.25, 0.3) is 0 Å². The molecule has 0 saturated heterocycles. The van der Waals surface area contributed by atoms with Gasteiger partial charge in [0.1, 0.15) is 5.82 Å². The molecular formula is C17H16FN3O3. The summed E-state index contributed by atoms with van der Waals surface area (Å²) in [6.45, 7) is 0.227. The maximum atomic E-state index is 13.3. The smallest absolute Gasteiger partial charge is 0.228 e. The summed E-state index contributed by atoms with van der Waals surface area (Å²) in [5.74, 6) is -1.30. The number of aromatic nitrogens is 1. The number of halogens is 1. The van der Waals surface area contributed by atoms with E-state index in [1.165, 1.54) is 25.3 Å². The molecule has 0 spiro atoms. The fourth-order valence-electron chi connectivity index (χ4n) is 2.72. The lowest BCUT2D eigenvalue weighted by molar-refractivity contribution is -0.126. The molecule has 0 saturated carbocycles. The summed E-state index contributed by atoms with van der Waals surface area (Å²) in [7, 11) is 1.50. The highest BCUT2D eigenvalue weighted by atomic mass is 19.1. The van der Waals surface area contributed by atoms with Crippen molar-refractivity contribution in [2.45, 2.75) is 18.9 Å². The van der Waals surface area contributed by atoms with Crippen molar-refractivity contribution in [1.82, 2.24) is 10.3 Å². The van der Waals surface area contributed by atoms with E-state index >= 15 is 0 Å². The predicted molar refractivity (Wildman–Crippen MR) is 85.0 cm³/mol. The first-order valence-electron chi connectivity index (χ1n) is 7.43. The number of hydrogen-bond donors (Lipinski definition) is 2. The Bertz CT molecular complexity index is 794. The molecule has 2 heterocycles. The molecule has 1 atom stereocenters. The molecule has 1 aliphatic rings. The van der Waals surface area contributed by atoms with Crippen LogP contribution in [0.1, 0.15) is 23.5 Å². The first-order chi connectivity index (χ1) is 11.6. The number of nitrogens with one attached hydrogen (secondary N) is 2. The molecule has 0 radical (unpaired) electrons. The molecule has 24 heavy (non-hydrogen) atoms. The number of amides is 2. The topological polar surface area (TPSA) is 80.3 Å². The van der Waals surface area contributed by atoms with E-state index in [9.17, 15) is 14.0 Å². The van der Waals surface area contributed by atoms with E-state index in [4.69, 9.17) is 4.74 Å². The normalized spacial score (nSPS) is 16.1. The average Bonchev–Trinajstić information content (AvgIpc) is 2.58. The fourth-order valence-corrected chi connectivity index (χ4v) is 2.72. The lowest BCUT2D eigenvalue weighted by Crippen LogP contribution is -2.34. The van der Waals surface area contributed by atoms with Gasteiger partial charge in [0.05, 0.1) is 13.0 Å². The number of methoxy groups -OCH3 is 1. The van der Waals surface area contributed by atoms with Crippen LogP contribution in [-0.4, -0.2) is 23.9 Å². The Labute approximate surface area is 138 Å².